The van der Waals surface area contributed by atoms with Crippen LogP contribution in [0.25, 0.3) is 0 Å². The summed E-state index contributed by atoms with van der Waals surface area (Å²) in [4.78, 5) is 2.52. The van der Waals surface area contributed by atoms with Crippen LogP contribution in [-0.2, 0) is 6.42 Å². The van der Waals surface area contributed by atoms with Crippen LogP contribution in [0.4, 0.5) is 4.39 Å². The lowest BCUT2D eigenvalue weighted by atomic mass is 9.89. The van der Waals surface area contributed by atoms with Crippen molar-refractivity contribution in [2.45, 2.75) is 31.8 Å². The number of thioether (sulfide) groups is 1. The van der Waals surface area contributed by atoms with E-state index in [9.17, 15) is 4.39 Å². The lowest BCUT2D eigenvalue weighted by Crippen LogP contribution is -2.59. The van der Waals surface area contributed by atoms with E-state index in [4.69, 9.17) is 5.73 Å². The third kappa shape index (κ3) is 3.50. The van der Waals surface area contributed by atoms with Gasteiger partial charge in [0.1, 0.15) is 5.82 Å². The van der Waals surface area contributed by atoms with Gasteiger partial charge in [-0.1, -0.05) is 12.1 Å². The standard InChI is InChI=1S/C15H23FN2S/c1-12-10-19-8-7-18(12)15(2,11-17)9-13-3-5-14(16)6-4-13/h3-6,12H,7-11,17H2,1-2H3. The molecule has 0 radical (unpaired) electrons. The Labute approximate surface area is 119 Å². The van der Waals surface area contributed by atoms with E-state index in [0.717, 1.165) is 18.5 Å². The Kier molecular flexibility index (Phi) is 4.87. The van der Waals surface area contributed by atoms with Gasteiger partial charge in [0.15, 0.2) is 0 Å². The number of halogens is 1. The van der Waals surface area contributed by atoms with E-state index >= 15 is 0 Å². The van der Waals surface area contributed by atoms with Crippen molar-refractivity contribution in [1.29, 1.82) is 0 Å². The molecule has 1 aromatic carbocycles. The second-order valence-corrected chi connectivity index (χ2v) is 6.77. The highest BCUT2D eigenvalue weighted by Gasteiger charge is 2.35. The van der Waals surface area contributed by atoms with Crippen LogP contribution in [-0.4, -0.2) is 41.1 Å². The number of rotatable bonds is 4. The van der Waals surface area contributed by atoms with Gasteiger partial charge in [0.25, 0.3) is 0 Å². The van der Waals surface area contributed by atoms with Crippen LogP contribution in [0.3, 0.4) is 0 Å². The normalized spacial score (nSPS) is 24.1. The van der Waals surface area contributed by atoms with Crippen LogP contribution in [0.2, 0.25) is 0 Å². The first-order valence-electron chi connectivity index (χ1n) is 6.84. The highest BCUT2D eigenvalue weighted by atomic mass is 32.2. The van der Waals surface area contributed by atoms with Gasteiger partial charge in [-0.05, 0) is 38.0 Å². The first kappa shape index (κ1) is 14.8. The predicted molar refractivity (Wildman–Crippen MR) is 81.1 cm³/mol. The maximum absolute atomic E-state index is 13.0. The smallest absolute Gasteiger partial charge is 0.123 e. The van der Waals surface area contributed by atoms with Crippen molar-refractivity contribution in [2.24, 2.45) is 5.73 Å². The Morgan fingerprint density at radius 3 is 2.68 bits per heavy atom. The summed E-state index contributed by atoms with van der Waals surface area (Å²) in [6.45, 7) is 6.20. The van der Waals surface area contributed by atoms with Crippen LogP contribution in [0.15, 0.2) is 24.3 Å². The first-order chi connectivity index (χ1) is 9.05. The SMILES string of the molecule is CC1CSCCN1C(C)(CN)Cc1ccc(F)cc1. The summed E-state index contributed by atoms with van der Waals surface area (Å²) in [7, 11) is 0. The van der Waals surface area contributed by atoms with Crippen molar-refractivity contribution in [3.8, 4) is 0 Å². The number of hydrogen-bond donors (Lipinski definition) is 1. The zero-order chi connectivity index (χ0) is 13.9. The maximum Gasteiger partial charge on any atom is 0.123 e. The average Bonchev–Trinajstić information content (AvgIpc) is 2.42. The van der Waals surface area contributed by atoms with E-state index in [1.54, 1.807) is 0 Å². The Balaban J connectivity index is 2.14. The van der Waals surface area contributed by atoms with Crippen LogP contribution in [0.1, 0.15) is 19.4 Å². The fraction of sp³-hybridized carbons (Fsp3) is 0.600. The fourth-order valence-corrected chi connectivity index (χ4v) is 3.88. The molecule has 1 aliphatic heterocycles. The molecule has 106 valence electrons. The molecule has 1 heterocycles. The number of benzene rings is 1. The Morgan fingerprint density at radius 2 is 2.11 bits per heavy atom. The van der Waals surface area contributed by atoms with Gasteiger partial charge >= 0.3 is 0 Å². The van der Waals surface area contributed by atoms with E-state index < -0.39 is 0 Å². The van der Waals surface area contributed by atoms with Gasteiger partial charge in [0, 0.05) is 36.2 Å². The molecule has 2 nitrogen and oxygen atoms in total. The zero-order valence-electron chi connectivity index (χ0n) is 11.7. The molecule has 0 saturated carbocycles. The van der Waals surface area contributed by atoms with Gasteiger partial charge in [0.2, 0.25) is 0 Å². The third-order valence-electron chi connectivity index (χ3n) is 4.00. The molecule has 0 amide bonds. The van der Waals surface area contributed by atoms with E-state index in [-0.39, 0.29) is 11.4 Å². The van der Waals surface area contributed by atoms with E-state index in [1.165, 1.54) is 23.6 Å². The molecule has 1 fully saturated rings. The summed E-state index contributed by atoms with van der Waals surface area (Å²) >= 11 is 2.01. The van der Waals surface area contributed by atoms with Gasteiger partial charge in [-0.25, -0.2) is 4.39 Å². The summed E-state index contributed by atoms with van der Waals surface area (Å²) in [5, 5.41) is 0. The number of nitrogens with two attached hydrogens (primary N) is 1. The van der Waals surface area contributed by atoms with Gasteiger partial charge in [-0.15, -0.1) is 0 Å². The van der Waals surface area contributed by atoms with Gasteiger partial charge in [-0.3, -0.25) is 4.90 Å². The maximum atomic E-state index is 13.0. The topological polar surface area (TPSA) is 29.3 Å². The van der Waals surface area contributed by atoms with Gasteiger partial charge in [0.05, 0.1) is 0 Å². The summed E-state index contributed by atoms with van der Waals surface area (Å²) in [6.07, 6.45) is 0.874. The lowest BCUT2D eigenvalue weighted by molar-refractivity contribution is 0.0818. The van der Waals surface area contributed by atoms with E-state index in [1.807, 2.05) is 23.9 Å². The molecular formula is C15H23FN2S. The predicted octanol–water partition coefficient (Wildman–Crippen LogP) is 2.52. The van der Waals surface area contributed by atoms with Crippen molar-refractivity contribution in [2.75, 3.05) is 24.6 Å². The fourth-order valence-electron chi connectivity index (χ4n) is 2.86. The van der Waals surface area contributed by atoms with Crippen LogP contribution in [0.5, 0.6) is 0 Å². The average molecular weight is 282 g/mol. The number of nitrogens with zero attached hydrogens (tertiary/aromatic N) is 1. The molecule has 2 N–H and O–H groups in total. The van der Waals surface area contributed by atoms with Crippen molar-refractivity contribution in [3.63, 3.8) is 0 Å². The molecule has 19 heavy (non-hydrogen) atoms. The molecule has 0 aromatic heterocycles. The highest BCUT2D eigenvalue weighted by Crippen LogP contribution is 2.27. The second kappa shape index (κ2) is 6.25. The molecule has 1 aromatic rings. The third-order valence-corrected chi connectivity index (χ3v) is 5.19. The molecule has 2 unspecified atom stereocenters. The molecule has 0 spiro atoms. The van der Waals surface area contributed by atoms with Crippen LogP contribution < -0.4 is 5.73 Å². The highest BCUT2D eigenvalue weighted by molar-refractivity contribution is 7.99. The lowest BCUT2D eigenvalue weighted by Gasteiger charge is -2.46. The van der Waals surface area contributed by atoms with Crippen molar-refractivity contribution in [1.82, 2.24) is 4.90 Å². The Morgan fingerprint density at radius 1 is 1.42 bits per heavy atom. The Bertz CT molecular complexity index is 409. The largest absolute Gasteiger partial charge is 0.329 e. The van der Waals surface area contributed by atoms with Crippen molar-refractivity contribution < 1.29 is 4.39 Å². The van der Waals surface area contributed by atoms with Crippen LogP contribution in [0, 0.1) is 5.82 Å². The quantitative estimate of drug-likeness (QED) is 0.920. The van der Waals surface area contributed by atoms with Crippen LogP contribution >= 0.6 is 11.8 Å². The van der Waals surface area contributed by atoms with Gasteiger partial charge in [-0.2, -0.15) is 11.8 Å². The second-order valence-electron chi connectivity index (χ2n) is 5.62. The molecule has 0 bridgehead atoms. The first-order valence-corrected chi connectivity index (χ1v) is 7.99. The van der Waals surface area contributed by atoms with Crippen molar-refractivity contribution in [3.05, 3.63) is 35.6 Å². The molecule has 4 heteroatoms. The molecular weight excluding hydrogens is 259 g/mol. The summed E-state index contributed by atoms with van der Waals surface area (Å²) in [5.41, 5.74) is 7.16. The number of hydrogen-bond acceptors (Lipinski definition) is 3. The summed E-state index contributed by atoms with van der Waals surface area (Å²) in [5.74, 6) is 2.16. The molecule has 2 rings (SSSR count). The molecule has 2 atom stereocenters. The minimum Gasteiger partial charge on any atom is -0.329 e. The molecule has 1 saturated heterocycles. The van der Waals surface area contributed by atoms with E-state index in [2.05, 4.69) is 18.7 Å². The van der Waals surface area contributed by atoms with E-state index in [0.29, 0.717) is 12.6 Å². The van der Waals surface area contributed by atoms with Gasteiger partial charge < -0.3 is 5.73 Å². The molecule has 1 aliphatic rings. The Hall–Kier alpha value is -0.580. The minimum atomic E-state index is -0.180. The molecule has 0 aliphatic carbocycles. The summed E-state index contributed by atoms with van der Waals surface area (Å²) in [6, 6.07) is 7.34. The zero-order valence-corrected chi connectivity index (χ0v) is 12.5. The summed E-state index contributed by atoms with van der Waals surface area (Å²) < 4.78 is 13.0. The monoisotopic (exact) mass is 282 g/mol. The van der Waals surface area contributed by atoms with Crippen molar-refractivity contribution >= 4 is 11.8 Å². The minimum absolute atomic E-state index is 0.0434.